The van der Waals surface area contributed by atoms with Gasteiger partial charge in [-0.15, -0.1) is 0 Å². The summed E-state index contributed by atoms with van der Waals surface area (Å²) in [6.07, 6.45) is 5.82. The van der Waals surface area contributed by atoms with Gasteiger partial charge in [-0.1, -0.05) is 62.7 Å². The molecule has 0 amide bonds. The zero-order valence-electron chi connectivity index (χ0n) is 22.8. The zero-order valence-corrected chi connectivity index (χ0v) is 23.5. The monoisotopic (exact) mass is 523 g/mol. The van der Waals surface area contributed by atoms with Crippen molar-refractivity contribution in [2.24, 2.45) is 0 Å². The van der Waals surface area contributed by atoms with Crippen molar-refractivity contribution in [3.05, 3.63) is 93.4 Å². The first-order chi connectivity index (χ1) is 18.4. The molecule has 1 aliphatic rings. The molecule has 1 aliphatic heterocycles. The third-order valence-electron chi connectivity index (χ3n) is 7.91. The van der Waals surface area contributed by atoms with Crippen LogP contribution in [0.4, 0.5) is 5.82 Å². The van der Waals surface area contributed by atoms with Crippen molar-refractivity contribution < 1.29 is 0 Å². The molecule has 1 N–H and O–H groups in total. The highest BCUT2D eigenvalue weighted by atomic mass is 35.5. The van der Waals surface area contributed by atoms with Crippen LogP contribution in [0.15, 0.2) is 54.9 Å². The molecule has 0 fully saturated rings. The number of nitrogens with zero attached hydrogens (tertiary/aromatic N) is 4. The van der Waals surface area contributed by atoms with Crippen molar-refractivity contribution in [1.29, 1.82) is 0 Å². The lowest BCUT2D eigenvalue weighted by molar-refractivity contribution is 0.702. The number of halogens is 1. The smallest absolute Gasteiger partial charge is 0.131 e. The minimum Gasteiger partial charge on any atom is -0.360 e. The second-order valence-electron chi connectivity index (χ2n) is 10.7. The lowest BCUT2D eigenvalue weighted by atomic mass is 9.97. The molecule has 38 heavy (non-hydrogen) atoms. The van der Waals surface area contributed by atoms with Crippen LogP contribution in [-0.4, -0.2) is 26.3 Å². The van der Waals surface area contributed by atoms with Gasteiger partial charge in [0.05, 0.1) is 27.6 Å². The van der Waals surface area contributed by atoms with Gasteiger partial charge in [0.15, 0.2) is 0 Å². The number of aromatic amines is 1. The average Bonchev–Trinajstić information content (AvgIpc) is 3.54. The van der Waals surface area contributed by atoms with Gasteiger partial charge in [0.25, 0.3) is 0 Å². The van der Waals surface area contributed by atoms with Crippen LogP contribution < -0.4 is 4.90 Å². The standard InChI is InChI=1S/C32H34ClN5/c1-6-22-9-7-8-20(4)30(22)38-31(25-10-11-27(33)29-24(25)12-14-34-29)26-18-37(15-13-28(26)36-38)32-21(5)16-23(17-35-32)19(2)3/h7-12,14,16-17,19,34H,6,13,15,18H2,1-5H3. The molecule has 4 heterocycles. The zero-order chi connectivity index (χ0) is 26.6. The number of anilines is 1. The molecule has 5 aromatic rings. The van der Waals surface area contributed by atoms with Crippen LogP contribution in [0, 0.1) is 13.8 Å². The van der Waals surface area contributed by atoms with Crippen LogP contribution in [0.2, 0.25) is 5.02 Å². The predicted octanol–water partition coefficient (Wildman–Crippen LogP) is 7.93. The molecule has 0 atom stereocenters. The Hall–Kier alpha value is -3.57. The minimum absolute atomic E-state index is 0.462. The van der Waals surface area contributed by atoms with E-state index in [4.69, 9.17) is 21.7 Å². The number of aryl methyl sites for hydroxylation is 3. The highest BCUT2D eigenvalue weighted by Crippen LogP contribution is 2.40. The summed E-state index contributed by atoms with van der Waals surface area (Å²) in [6.45, 7) is 12.7. The van der Waals surface area contributed by atoms with Gasteiger partial charge in [-0.3, -0.25) is 0 Å². The summed E-state index contributed by atoms with van der Waals surface area (Å²) in [6, 6.07) is 15.1. The molecule has 194 valence electrons. The maximum absolute atomic E-state index is 6.59. The van der Waals surface area contributed by atoms with E-state index in [1.54, 1.807) is 0 Å². The Balaban J connectivity index is 1.56. The second-order valence-corrected chi connectivity index (χ2v) is 11.1. The van der Waals surface area contributed by atoms with Crippen molar-refractivity contribution in [1.82, 2.24) is 19.7 Å². The summed E-state index contributed by atoms with van der Waals surface area (Å²) in [4.78, 5) is 10.7. The van der Waals surface area contributed by atoms with E-state index in [0.717, 1.165) is 64.6 Å². The quantitative estimate of drug-likeness (QED) is 0.254. The summed E-state index contributed by atoms with van der Waals surface area (Å²) >= 11 is 6.59. The van der Waals surface area contributed by atoms with Crippen LogP contribution in [-0.2, 0) is 19.4 Å². The number of aromatic nitrogens is 4. The maximum Gasteiger partial charge on any atom is 0.131 e. The van der Waals surface area contributed by atoms with Crippen LogP contribution in [0.1, 0.15) is 60.2 Å². The van der Waals surface area contributed by atoms with Gasteiger partial charge < -0.3 is 9.88 Å². The fourth-order valence-electron chi connectivity index (χ4n) is 5.86. The van der Waals surface area contributed by atoms with E-state index in [1.165, 1.54) is 33.5 Å². The van der Waals surface area contributed by atoms with Gasteiger partial charge >= 0.3 is 0 Å². The molecular weight excluding hydrogens is 490 g/mol. The fourth-order valence-corrected chi connectivity index (χ4v) is 6.08. The van der Waals surface area contributed by atoms with Crippen LogP contribution in [0.25, 0.3) is 27.8 Å². The van der Waals surface area contributed by atoms with Gasteiger partial charge in [0, 0.05) is 48.4 Å². The number of nitrogens with one attached hydrogen (secondary N) is 1. The molecule has 2 aromatic carbocycles. The van der Waals surface area contributed by atoms with Crippen molar-refractivity contribution >= 4 is 28.3 Å². The Morgan fingerprint density at radius 2 is 1.92 bits per heavy atom. The number of fused-ring (bicyclic) bond motifs is 2. The van der Waals surface area contributed by atoms with Crippen LogP contribution in [0.5, 0.6) is 0 Å². The lowest BCUT2D eigenvalue weighted by Gasteiger charge is -2.29. The Labute approximate surface area is 229 Å². The van der Waals surface area contributed by atoms with E-state index in [0.29, 0.717) is 5.92 Å². The molecule has 6 rings (SSSR count). The first-order valence-electron chi connectivity index (χ1n) is 13.5. The molecule has 0 aliphatic carbocycles. The number of pyridine rings is 1. The topological polar surface area (TPSA) is 49.7 Å². The van der Waals surface area contributed by atoms with Crippen molar-refractivity contribution in [2.75, 3.05) is 11.4 Å². The number of rotatable bonds is 5. The lowest BCUT2D eigenvalue weighted by Crippen LogP contribution is -2.31. The van der Waals surface area contributed by atoms with Gasteiger partial charge in [-0.2, -0.15) is 5.10 Å². The third-order valence-corrected chi connectivity index (χ3v) is 8.23. The summed E-state index contributed by atoms with van der Waals surface area (Å²) in [5.74, 6) is 1.52. The molecule has 5 nitrogen and oxygen atoms in total. The molecule has 0 bridgehead atoms. The summed E-state index contributed by atoms with van der Waals surface area (Å²) in [7, 11) is 0. The van der Waals surface area contributed by atoms with E-state index >= 15 is 0 Å². The van der Waals surface area contributed by atoms with Gasteiger partial charge in [-0.25, -0.2) is 9.67 Å². The average molecular weight is 524 g/mol. The third kappa shape index (κ3) is 4.01. The first kappa shape index (κ1) is 24.7. The molecule has 3 aromatic heterocycles. The number of hydrogen-bond acceptors (Lipinski definition) is 3. The first-order valence-corrected chi connectivity index (χ1v) is 13.9. The van der Waals surface area contributed by atoms with E-state index in [-0.39, 0.29) is 0 Å². The Bertz CT molecular complexity index is 1660. The van der Waals surface area contributed by atoms with Crippen LogP contribution in [0.3, 0.4) is 0 Å². The minimum atomic E-state index is 0.462. The van der Waals surface area contributed by atoms with E-state index in [2.05, 4.69) is 85.6 Å². The Kier molecular flexibility index (Phi) is 6.27. The number of H-pyrrole nitrogens is 1. The molecule has 0 saturated heterocycles. The van der Waals surface area contributed by atoms with Gasteiger partial charge in [0.2, 0.25) is 0 Å². The van der Waals surface area contributed by atoms with Gasteiger partial charge in [-0.05, 0) is 60.6 Å². The molecule has 0 radical (unpaired) electrons. The van der Waals surface area contributed by atoms with Crippen molar-refractivity contribution in [3.8, 4) is 16.9 Å². The molecule has 0 spiro atoms. The fraction of sp³-hybridized carbons (Fsp3) is 0.312. The van der Waals surface area contributed by atoms with Crippen molar-refractivity contribution in [2.45, 2.75) is 59.9 Å². The summed E-state index contributed by atoms with van der Waals surface area (Å²) in [5, 5.41) is 7.13. The number of benzene rings is 2. The number of para-hydroxylation sites is 1. The van der Waals surface area contributed by atoms with Crippen molar-refractivity contribution in [3.63, 3.8) is 0 Å². The predicted molar refractivity (Wildman–Crippen MR) is 158 cm³/mol. The summed E-state index contributed by atoms with van der Waals surface area (Å²) in [5.41, 5.74) is 11.9. The molecule has 6 heteroatoms. The Morgan fingerprint density at radius 1 is 1.08 bits per heavy atom. The SMILES string of the molecule is CCc1cccc(C)c1-n1nc2c(c1-c1ccc(Cl)c3[nH]ccc13)CN(c1ncc(C(C)C)cc1C)CC2. The highest BCUT2D eigenvalue weighted by molar-refractivity contribution is 6.35. The Morgan fingerprint density at radius 3 is 2.68 bits per heavy atom. The largest absolute Gasteiger partial charge is 0.360 e. The number of hydrogen-bond donors (Lipinski definition) is 1. The van der Waals surface area contributed by atoms with E-state index < -0.39 is 0 Å². The van der Waals surface area contributed by atoms with E-state index in [1.807, 2.05) is 18.5 Å². The molecular formula is C32H34ClN5. The highest BCUT2D eigenvalue weighted by Gasteiger charge is 2.29. The summed E-state index contributed by atoms with van der Waals surface area (Å²) < 4.78 is 2.21. The molecule has 0 saturated carbocycles. The molecule has 0 unspecified atom stereocenters. The second kappa shape index (κ2) is 9.63. The normalized spacial score (nSPS) is 13.5. The van der Waals surface area contributed by atoms with Crippen LogP contribution >= 0.6 is 11.6 Å². The van der Waals surface area contributed by atoms with E-state index in [9.17, 15) is 0 Å². The van der Waals surface area contributed by atoms with Gasteiger partial charge in [0.1, 0.15) is 5.82 Å². The maximum atomic E-state index is 6.59.